The standard InChI is InChI=1S/C12H12N4O3/c1-8-3-4-9(7-10(8)16(18)19)12(17)13-11-5-6-15(2)14-11/h3-7H,1-2H3,(H,13,14,17). The summed E-state index contributed by atoms with van der Waals surface area (Å²) >= 11 is 0. The lowest BCUT2D eigenvalue weighted by molar-refractivity contribution is -0.385. The number of anilines is 1. The van der Waals surface area contributed by atoms with E-state index in [1.54, 1.807) is 43.0 Å². The zero-order chi connectivity index (χ0) is 14.0. The van der Waals surface area contributed by atoms with Gasteiger partial charge in [-0.1, -0.05) is 6.07 Å². The molecule has 7 nitrogen and oxygen atoms in total. The van der Waals surface area contributed by atoms with Crippen LogP contribution in [-0.4, -0.2) is 20.6 Å². The number of carbonyl (C=O) groups is 1. The van der Waals surface area contributed by atoms with Crippen molar-refractivity contribution in [2.45, 2.75) is 6.92 Å². The summed E-state index contributed by atoms with van der Waals surface area (Å²) in [4.78, 5) is 22.2. The SMILES string of the molecule is Cc1ccc(C(=O)Nc2ccn(C)n2)cc1[N+](=O)[O-]. The average molecular weight is 260 g/mol. The van der Waals surface area contributed by atoms with Gasteiger partial charge in [0, 0.05) is 36.5 Å². The Bertz CT molecular complexity index is 648. The molecular weight excluding hydrogens is 248 g/mol. The largest absolute Gasteiger partial charge is 0.305 e. The topological polar surface area (TPSA) is 90.1 Å². The van der Waals surface area contributed by atoms with Crippen LogP contribution in [0, 0.1) is 17.0 Å². The number of amides is 1. The Balaban J connectivity index is 2.24. The van der Waals surface area contributed by atoms with E-state index in [0.29, 0.717) is 11.4 Å². The van der Waals surface area contributed by atoms with Crippen molar-refractivity contribution in [2.24, 2.45) is 7.05 Å². The molecule has 2 aromatic rings. The molecular formula is C12H12N4O3. The number of nitrogens with one attached hydrogen (secondary N) is 1. The van der Waals surface area contributed by atoms with Crippen molar-refractivity contribution < 1.29 is 9.72 Å². The number of aryl methyl sites for hydroxylation is 2. The smallest absolute Gasteiger partial charge is 0.273 e. The minimum absolute atomic E-state index is 0.0753. The number of rotatable bonds is 3. The van der Waals surface area contributed by atoms with Gasteiger partial charge >= 0.3 is 0 Å². The summed E-state index contributed by atoms with van der Waals surface area (Å²) in [5.74, 6) is -0.0301. The maximum absolute atomic E-state index is 11.9. The number of nitro groups is 1. The molecule has 0 fully saturated rings. The fraction of sp³-hybridized carbons (Fsp3) is 0.167. The van der Waals surface area contributed by atoms with Crippen LogP contribution in [0.4, 0.5) is 11.5 Å². The summed E-state index contributed by atoms with van der Waals surface area (Å²) in [6, 6.07) is 5.99. The van der Waals surface area contributed by atoms with E-state index in [2.05, 4.69) is 10.4 Å². The highest BCUT2D eigenvalue weighted by atomic mass is 16.6. The first-order valence-corrected chi connectivity index (χ1v) is 5.53. The van der Waals surface area contributed by atoms with E-state index in [-0.39, 0.29) is 11.3 Å². The zero-order valence-corrected chi connectivity index (χ0v) is 10.5. The average Bonchev–Trinajstić information content (AvgIpc) is 2.74. The van der Waals surface area contributed by atoms with Crippen molar-refractivity contribution in [1.29, 1.82) is 0 Å². The van der Waals surface area contributed by atoms with Gasteiger partial charge in [0.1, 0.15) is 0 Å². The van der Waals surface area contributed by atoms with Crippen molar-refractivity contribution >= 4 is 17.4 Å². The predicted molar refractivity (Wildman–Crippen MR) is 69.0 cm³/mol. The molecule has 0 aliphatic rings. The van der Waals surface area contributed by atoms with Crippen LogP contribution in [-0.2, 0) is 7.05 Å². The second kappa shape index (κ2) is 4.89. The monoisotopic (exact) mass is 260 g/mol. The molecule has 1 aromatic heterocycles. The minimum Gasteiger partial charge on any atom is -0.305 e. The molecule has 98 valence electrons. The van der Waals surface area contributed by atoms with E-state index in [1.807, 2.05) is 0 Å². The molecule has 0 unspecified atom stereocenters. The lowest BCUT2D eigenvalue weighted by Gasteiger charge is -2.03. The summed E-state index contributed by atoms with van der Waals surface area (Å²) in [6.45, 7) is 1.62. The van der Waals surface area contributed by atoms with E-state index in [4.69, 9.17) is 0 Å². The molecule has 0 saturated carbocycles. The number of aromatic nitrogens is 2. The minimum atomic E-state index is -0.507. The maximum atomic E-state index is 11.9. The number of nitro benzene ring substituents is 1. The summed E-state index contributed by atoms with van der Waals surface area (Å²) < 4.78 is 1.55. The van der Waals surface area contributed by atoms with Crippen LogP contribution >= 0.6 is 0 Å². The highest BCUT2D eigenvalue weighted by Crippen LogP contribution is 2.19. The van der Waals surface area contributed by atoms with Crippen LogP contribution in [0.3, 0.4) is 0 Å². The van der Waals surface area contributed by atoms with Gasteiger partial charge < -0.3 is 5.32 Å². The van der Waals surface area contributed by atoms with Crippen LogP contribution in [0.2, 0.25) is 0 Å². The first-order valence-electron chi connectivity index (χ1n) is 5.53. The predicted octanol–water partition coefficient (Wildman–Crippen LogP) is 1.89. The van der Waals surface area contributed by atoms with Crippen molar-refractivity contribution in [3.63, 3.8) is 0 Å². The van der Waals surface area contributed by atoms with Crippen LogP contribution < -0.4 is 5.32 Å². The molecule has 1 aromatic carbocycles. The third kappa shape index (κ3) is 2.76. The van der Waals surface area contributed by atoms with E-state index in [1.165, 1.54) is 6.07 Å². The van der Waals surface area contributed by atoms with Crippen molar-refractivity contribution in [1.82, 2.24) is 9.78 Å². The number of benzene rings is 1. The van der Waals surface area contributed by atoms with Gasteiger partial charge in [-0.25, -0.2) is 0 Å². The van der Waals surface area contributed by atoms with Crippen LogP contribution in [0.5, 0.6) is 0 Å². The Kier molecular flexibility index (Phi) is 3.28. The second-order valence-electron chi connectivity index (χ2n) is 4.09. The van der Waals surface area contributed by atoms with Crippen molar-refractivity contribution in [2.75, 3.05) is 5.32 Å². The van der Waals surface area contributed by atoms with Crippen LogP contribution in [0.1, 0.15) is 15.9 Å². The number of nitrogens with zero attached hydrogens (tertiary/aromatic N) is 3. The zero-order valence-electron chi connectivity index (χ0n) is 10.5. The second-order valence-corrected chi connectivity index (χ2v) is 4.09. The van der Waals surface area contributed by atoms with Gasteiger partial charge in [-0.15, -0.1) is 0 Å². The Morgan fingerprint density at radius 1 is 1.42 bits per heavy atom. The van der Waals surface area contributed by atoms with Gasteiger partial charge in [-0.05, 0) is 13.0 Å². The lowest BCUT2D eigenvalue weighted by atomic mass is 10.1. The third-order valence-corrected chi connectivity index (χ3v) is 2.62. The molecule has 1 N–H and O–H groups in total. The molecule has 0 bridgehead atoms. The van der Waals surface area contributed by atoms with Gasteiger partial charge in [0.05, 0.1) is 4.92 Å². The highest BCUT2D eigenvalue weighted by molar-refractivity contribution is 6.04. The van der Waals surface area contributed by atoms with E-state index in [0.717, 1.165) is 0 Å². The Morgan fingerprint density at radius 2 is 2.16 bits per heavy atom. The van der Waals surface area contributed by atoms with Gasteiger partial charge in [-0.3, -0.25) is 19.6 Å². The fourth-order valence-corrected chi connectivity index (χ4v) is 1.62. The highest BCUT2D eigenvalue weighted by Gasteiger charge is 2.15. The Hall–Kier alpha value is -2.70. The summed E-state index contributed by atoms with van der Waals surface area (Å²) in [7, 11) is 1.73. The summed E-state index contributed by atoms with van der Waals surface area (Å²) in [5.41, 5.74) is 0.663. The molecule has 0 saturated heterocycles. The third-order valence-electron chi connectivity index (χ3n) is 2.62. The molecule has 0 atom stereocenters. The van der Waals surface area contributed by atoms with Gasteiger partial charge in [-0.2, -0.15) is 5.10 Å². The molecule has 0 radical (unpaired) electrons. The summed E-state index contributed by atoms with van der Waals surface area (Å²) in [5, 5.41) is 17.4. The Labute approximate surface area is 109 Å². The molecule has 1 heterocycles. The van der Waals surface area contributed by atoms with Crippen LogP contribution in [0.25, 0.3) is 0 Å². The van der Waals surface area contributed by atoms with E-state index >= 15 is 0 Å². The van der Waals surface area contributed by atoms with Gasteiger partial charge in [0.2, 0.25) is 0 Å². The van der Waals surface area contributed by atoms with Gasteiger partial charge in [0.15, 0.2) is 5.82 Å². The summed E-state index contributed by atoms with van der Waals surface area (Å²) in [6.07, 6.45) is 1.69. The van der Waals surface area contributed by atoms with Crippen molar-refractivity contribution in [3.8, 4) is 0 Å². The Morgan fingerprint density at radius 3 is 2.74 bits per heavy atom. The molecule has 0 spiro atoms. The number of hydrogen-bond acceptors (Lipinski definition) is 4. The maximum Gasteiger partial charge on any atom is 0.273 e. The van der Waals surface area contributed by atoms with Crippen LogP contribution in [0.15, 0.2) is 30.5 Å². The number of hydrogen-bond donors (Lipinski definition) is 1. The van der Waals surface area contributed by atoms with E-state index in [9.17, 15) is 14.9 Å². The fourth-order valence-electron chi connectivity index (χ4n) is 1.62. The first-order chi connectivity index (χ1) is 8.97. The quantitative estimate of drug-likeness (QED) is 0.674. The van der Waals surface area contributed by atoms with Gasteiger partial charge in [0.25, 0.3) is 11.6 Å². The molecule has 19 heavy (non-hydrogen) atoms. The normalized spacial score (nSPS) is 10.2. The number of carbonyl (C=O) groups excluding carboxylic acids is 1. The molecule has 2 rings (SSSR count). The molecule has 0 aliphatic carbocycles. The van der Waals surface area contributed by atoms with E-state index < -0.39 is 10.8 Å². The molecule has 0 aliphatic heterocycles. The van der Waals surface area contributed by atoms with Crippen molar-refractivity contribution in [3.05, 3.63) is 51.7 Å². The first kappa shape index (κ1) is 12.7. The lowest BCUT2D eigenvalue weighted by Crippen LogP contribution is -2.13. The molecule has 1 amide bonds. The molecule has 7 heteroatoms.